The van der Waals surface area contributed by atoms with E-state index in [-0.39, 0.29) is 36.1 Å². The van der Waals surface area contributed by atoms with Crippen LogP contribution in [-0.2, 0) is 27.2 Å². The second-order valence-corrected chi connectivity index (χ2v) is 9.36. The predicted octanol–water partition coefficient (Wildman–Crippen LogP) is 2.02. The number of carbonyl (C=O) groups excluding carboxylic acids is 3. The number of rotatable bonds is 2. The van der Waals surface area contributed by atoms with Crippen molar-refractivity contribution in [1.82, 2.24) is 0 Å². The topological polar surface area (TPSA) is 158 Å². The number of aliphatic hydroxyl groups excluding tert-OH is 2. The van der Waals surface area contributed by atoms with Crippen molar-refractivity contribution in [2.45, 2.75) is 31.3 Å². The number of fused-ring (bicyclic) bond motifs is 3. The molecule has 3 aliphatic carbocycles. The summed E-state index contributed by atoms with van der Waals surface area (Å²) >= 11 is 0. The van der Waals surface area contributed by atoms with Gasteiger partial charge in [0.1, 0.15) is 22.8 Å². The number of hydrogen-bond acceptors (Lipinski definition) is 7. The van der Waals surface area contributed by atoms with Gasteiger partial charge in [-0.1, -0.05) is 42.2 Å². The molecule has 0 aromatic heterocycles. The first-order valence-electron chi connectivity index (χ1n) is 11.5. The van der Waals surface area contributed by atoms with Gasteiger partial charge >= 0.3 is 0 Å². The average Bonchev–Trinajstić information content (AvgIpc) is 2.83. The second kappa shape index (κ2) is 8.40. The van der Waals surface area contributed by atoms with E-state index in [1.807, 2.05) is 30.3 Å². The Morgan fingerprint density at radius 1 is 1.06 bits per heavy atom. The van der Waals surface area contributed by atoms with Crippen LogP contribution in [0.1, 0.15) is 35.1 Å². The Labute approximate surface area is 206 Å². The van der Waals surface area contributed by atoms with E-state index in [1.165, 1.54) is 6.07 Å². The van der Waals surface area contributed by atoms with Crippen molar-refractivity contribution < 1.29 is 34.8 Å². The molecule has 0 aliphatic heterocycles. The quantitative estimate of drug-likeness (QED) is 0.322. The maximum Gasteiger partial charge on any atom is 0.255 e. The summed E-state index contributed by atoms with van der Waals surface area (Å²) in [4.78, 5) is 37.7. The fraction of sp³-hybridized carbons (Fsp3) is 0.250. The third-order valence-corrected chi connectivity index (χ3v) is 7.31. The zero-order valence-corrected chi connectivity index (χ0v) is 19.1. The van der Waals surface area contributed by atoms with Gasteiger partial charge in [-0.05, 0) is 42.0 Å². The summed E-state index contributed by atoms with van der Waals surface area (Å²) in [5.41, 5.74) is 3.85. The predicted molar refractivity (Wildman–Crippen MR) is 128 cm³/mol. The lowest BCUT2D eigenvalue weighted by atomic mass is 9.59. The van der Waals surface area contributed by atoms with Crippen LogP contribution in [-0.4, -0.2) is 43.5 Å². The van der Waals surface area contributed by atoms with Crippen LogP contribution in [0.25, 0.3) is 5.76 Å². The molecular weight excluding hydrogens is 462 g/mol. The summed E-state index contributed by atoms with van der Waals surface area (Å²) in [6.07, 6.45) is 0.440. The van der Waals surface area contributed by atoms with Crippen LogP contribution in [0.2, 0.25) is 0 Å². The molecule has 8 heteroatoms. The molecule has 1 amide bonds. The Hall–Kier alpha value is -4.35. The normalized spacial score (nSPS) is 24.9. The van der Waals surface area contributed by atoms with Crippen LogP contribution < -0.4 is 5.73 Å². The first-order valence-corrected chi connectivity index (χ1v) is 11.5. The molecule has 0 spiro atoms. The molecule has 36 heavy (non-hydrogen) atoms. The number of nitrogens with two attached hydrogens (primary N) is 1. The largest absolute Gasteiger partial charge is 0.508 e. The number of phenols is 1. The van der Waals surface area contributed by atoms with Gasteiger partial charge in [-0.15, -0.1) is 0 Å². The van der Waals surface area contributed by atoms with Crippen LogP contribution in [0.15, 0.2) is 59.4 Å². The lowest BCUT2D eigenvalue weighted by molar-refractivity contribution is -0.147. The first kappa shape index (κ1) is 23.4. The van der Waals surface area contributed by atoms with Crippen LogP contribution in [0.5, 0.6) is 5.75 Å². The number of phenolic OH excluding ortho intramolecular Hbond substituents is 1. The lowest BCUT2D eigenvalue weighted by Gasteiger charge is -2.46. The smallest absolute Gasteiger partial charge is 0.255 e. The van der Waals surface area contributed by atoms with E-state index < -0.39 is 52.0 Å². The number of benzene rings is 2. The van der Waals surface area contributed by atoms with Crippen LogP contribution >= 0.6 is 0 Å². The minimum absolute atomic E-state index is 0.0358. The molecule has 6 N–H and O–H groups in total. The van der Waals surface area contributed by atoms with Gasteiger partial charge in [0.15, 0.2) is 11.4 Å². The molecule has 3 atom stereocenters. The van der Waals surface area contributed by atoms with Crippen molar-refractivity contribution in [3.63, 3.8) is 0 Å². The number of carbonyl (C=O) groups is 3. The molecule has 0 saturated heterocycles. The molecule has 2 aromatic carbocycles. The van der Waals surface area contributed by atoms with E-state index in [4.69, 9.17) is 5.73 Å². The van der Waals surface area contributed by atoms with E-state index >= 15 is 0 Å². The highest BCUT2D eigenvalue weighted by Gasteiger charge is 2.60. The van der Waals surface area contributed by atoms with E-state index in [0.29, 0.717) is 17.5 Å². The molecule has 1 saturated carbocycles. The van der Waals surface area contributed by atoms with Gasteiger partial charge in [0.25, 0.3) is 5.91 Å². The number of Topliss-reactive ketones (excluding diaryl/α,β-unsaturated/α-hetero) is 2. The molecule has 1 fully saturated rings. The molecule has 182 valence electrons. The van der Waals surface area contributed by atoms with Gasteiger partial charge in [-0.2, -0.15) is 0 Å². The summed E-state index contributed by atoms with van der Waals surface area (Å²) in [5, 5.41) is 43.6. The summed E-state index contributed by atoms with van der Waals surface area (Å²) in [6.45, 7) is 0. The maximum absolute atomic E-state index is 13.5. The van der Waals surface area contributed by atoms with Gasteiger partial charge in [-0.3, -0.25) is 14.4 Å². The molecule has 0 heterocycles. The van der Waals surface area contributed by atoms with Crippen molar-refractivity contribution in [1.29, 1.82) is 0 Å². The Balaban J connectivity index is 1.60. The zero-order valence-electron chi connectivity index (χ0n) is 19.1. The highest BCUT2D eigenvalue weighted by Crippen LogP contribution is 2.52. The Morgan fingerprint density at radius 2 is 1.78 bits per heavy atom. The van der Waals surface area contributed by atoms with Gasteiger partial charge in [0.05, 0.1) is 5.56 Å². The van der Waals surface area contributed by atoms with E-state index in [0.717, 1.165) is 5.56 Å². The van der Waals surface area contributed by atoms with Crippen molar-refractivity contribution in [3.8, 4) is 17.6 Å². The monoisotopic (exact) mass is 485 g/mol. The number of hydrogen-bond donors (Lipinski definition) is 5. The third kappa shape index (κ3) is 3.40. The zero-order chi connectivity index (χ0) is 25.8. The van der Waals surface area contributed by atoms with E-state index in [9.17, 15) is 34.8 Å². The summed E-state index contributed by atoms with van der Waals surface area (Å²) in [7, 11) is 0. The van der Waals surface area contributed by atoms with Crippen LogP contribution in [0.3, 0.4) is 0 Å². The Bertz CT molecular complexity index is 1460. The molecule has 8 nitrogen and oxygen atoms in total. The fourth-order valence-corrected chi connectivity index (χ4v) is 5.58. The second-order valence-electron chi connectivity index (χ2n) is 9.36. The maximum atomic E-state index is 13.5. The minimum atomic E-state index is -2.57. The SMILES string of the molecule is NC(=O)C1=C(O)C2(O)C(=O)C3=C(O)c4c(O)ccc(C#CCc5ccccc5)c4CC3CC2CC1=O. The minimum Gasteiger partial charge on any atom is -0.508 e. The van der Waals surface area contributed by atoms with Crippen molar-refractivity contribution in [2.24, 2.45) is 17.6 Å². The van der Waals surface area contributed by atoms with Crippen LogP contribution in [0, 0.1) is 23.7 Å². The lowest BCUT2D eigenvalue weighted by Crippen LogP contribution is -2.58. The molecule has 2 aromatic rings. The Morgan fingerprint density at radius 3 is 2.47 bits per heavy atom. The van der Waals surface area contributed by atoms with Gasteiger partial charge < -0.3 is 26.2 Å². The fourth-order valence-electron chi connectivity index (χ4n) is 5.58. The summed E-state index contributed by atoms with van der Waals surface area (Å²) in [5.74, 6) is -0.300. The number of ketones is 2. The molecule has 3 unspecified atom stereocenters. The molecule has 5 rings (SSSR count). The third-order valence-electron chi connectivity index (χ3n) is 7.31. The molecular formula is C28H23NO7. The highest BCUT2D eigenvalue weighted by molar-refractivity contribution is 6.22. The number of aromatic hydroxyl groups is 1. The van der Waals surface area contributed by atoms with Gasteiger partial charge in [-0.25, -0.2) is 0 Å². The summed E-state index contributed by atoms with van der Waals surface area (Å²) in [6, 6.07) is 12.7. The molecule has 0 bridgehead atoms. The standard InChI is InChI=1S/C28H23NO7/c29-27(35)23-20(31)13-17-11-16-12-18-15(8-4-7-14-5-2-1-3-6-14)9-10-19(30)22(18)24(32)21(16)25(33)28(17,36)26(23)34/h1-3,5-6,9-10,16-17,30,32,34,36H,7,11-13H2,(H2,29,35). The molecule has 0 radical (unpaired) electrons. The first-order chi connectivity index (χ1) is 17.1. The highest BCUT2D eigenvalue weighted by atomic mass is 16.3. The van der Waals surface area contributed by atoms with Gasteiger partial charge in [0, 0.05) is 29.9 Å². The number of aliphatic hydroxyl groups is 3. The Kier molecular flexibility index (Phi) is 5.46. The van der Waals surface area contributed by atoms with E-state index in [2.05, 4.69) is 11.8 Å². The van der Waals surface area contributed by atoms with Crippen LogP contribution in [0.4, 0.5) is 0 Å². The average molecular weight is 485 g/mol. The summed E-state index contributed by atoms with van der Waals surface area (Å²) < 4.78 is 0. The van der Waals surface area contributed by atoms with Gasteiger partial charge in [0.2, 0.25) is 5.78 Å². The van der Waals surface area contributed by atoms with Crippen molar-refractivity contribution in [2.75, 3.05) is 0 Å². The number of primary amides is 1. The number of amides is 1. The van der Waals surface area contributed by atoms with Crippen molar-refractivity contribution in [3.05, 3.63) is 81.6 Å². The van der Waals surface area contributed by atoms with E-state index in [1.54, 1.807) is 6.07 Å². The molecule has 3 aliphatic rings. The van der Waals surface area contributed by atoms with Crippen molar-refractivity contribution >= 4 is 23.2 Å².